The minimum atomic E-state index is -0.130. The van der Waals surface area contributed by atoms with Gasteiger partial charge in [0.05, 0.1) is 5.56 Å². The molecule has 0 spiro atoms. The van der Waals surface area contributed by atoms with Gasteiger partial charge in [0, 0.05) is 32.4 Å². The van der Waals surface area contributed by atoms with Gasteiger partial charge in [-0.05, 0) is 36.4 Å². The Bertz CT molecular complexity index is 1020. The molecule has 3 heterocycles. The molecule has 1 saturated heterocycles. The van der Waals surface area contributed by atoms with E-state index in [1.807, 2.05) is 18.2 Å². The lowest BCUT2D eigenvalue weighted by Crippen LogP contribution is -2.49. The second-order valence-electron chi connectivity index (χ2n) is 6.63. The lowest BCUT2D eigenvalue weighted by atomic mass is 10.2. The molecule has 146 valence electrons. The summed E-state index contributed by atoms with van der Waals surface area (Å²) in [6.07, 6.45) is 1.77. The SMILES string of the molecule is N#Cc1ccccc1OCc1ccc(C(=O)N2CCN(c3ccccn3)CC2)o1. The number of furan rings is 1. The summed E-state index contributed by atoms with van der Waals surface area (Å²) in [6, 6.07) is 18.3. The highest BCUT2D eigenvalue weighted by Crippen LogP contribution is 2.20. The molecule has 7 heteroatoms. The monoisotopic (exact) mass is 388 g/mol. The topological polar surface area (TPSA) is 82.6 Å². The molecule has 0 bridgehead atoms. The van der Waals surface area contributed by atoms with Crippen LogP contribution < -0.4 is 9.64 Å². The lowest BCUT2D eigenvalue weighted by molar-refractivity contribution is 0.0710. The third-order valence-electron chi connectivity index (χ3n) is 4.79. The average molecular weight is 388 g/mol. The quantitative estimate of drug-likeness (QED) is 0.668. The Morgan fingerprint density at radius 1 is 1.07 bits per heavy atom. The van der Waals surface area contributed by atoms with E-state index in [0.717, 1.165) is 18.9 Å². The van der Waals surface area contributed by atoms with Gasteiger partial charge in [-0.25, -0.2) is 4.98 Å². The first-order valence-electron chi connectivity index (χ1n) is 9.40. The van der Waals surface area contributed by atoms with Gasteiger partial charge in [-0.3, -0.25) is 4.79 Å². The number of rotatable bonds is 5. The highest BCUT2D eigenvalue weighted by Gasteiger charge is 2.24. The van der Waals surface area contributed by atoms with Gasteiger partial charge in [0.15, 0.2) is 5.76 Å². The van der Waals surface area contributed by atoms with Crippen LogP contribution in [0, 0.1) is 11.3 Å². The number of aromatic nitrogens is 1. The van der Waals surface area contributed by atoms with Crippen molar-refractivity contribution < 1.29 is 13.9 Å². The maximum absolute atomic E-state index is 12.7. The lowest BCUT2D eigenvalue weighted by Gasteiger charge is -2.34. The molecule has 0 atom stereocenters. The molecule has 0 N–H and O–H groups in total. The van der Waals surface area contributed by atoms with E-state index in [9.17, 15) is 4.79 Å². The largest absolute Gasteiger partial charge is 0.484 e. The van der Waals surface area contributed by atoms with E-state index in [4.69, 9.17) is 14.4 Å². The van der Waals surface area contributed by atoms with E-state index in [1.54, 1.807) is 47.5 Å². The number of amides is 1. The predicted molar refractivity (Wildman–Crippen MR) is 107 cm³/mol. The number of carbonyl (C=O) groups is 1. The number of carbonyl (C=O) groups excluding carboxylic acids is 1. The predicted octanol–water partition coefficient (Wildman–Crippen LogP) is 3.09. The molecule has 1 aliphatic heterocycles. The molecule has 0 aliphatic carbocycles. The van der Waals surface area contributed by atoms with Crippen molar-refractivity contribution in [2.24, 2.45) is 0 Å². The molecule has 1 amide bonds. The normalized spacial score (nSPS) is 13.8. The molecule has 1 aliphatic rings. The van der Waals surface area contributed by atoms with Crippen LogP contribution in [0.4, 0.5) is 5.82 Å². The second-order valence-corrected chi connectivity index (χ2v) is 6.63. The Labute approximate surface area is 168 Å². The molecule has 1 fully saturated rings. The molecule has 2 aromatic heterocycles. The Hall–Kier alpha value is -3.79. The van der Waals surface area contributed by atoms with Crippen molar-refractivity contribution in [2.75, 3.05) is 31.1 Å². The van der Waals surface area contributed by atoms with E-state index in [2.05, 4.69) is 16.0 Å². The van der Waals surface area contributed by atoms with Gasteiger partial charge in [-0.2, -0.15) is 5.26 Å². The number of nitrogens with zero attached hydrogens (tertiary/aromatic N) is 4. The van der Waals surface area contributed by atoms with Crippen molar-refractivity contribution in [3.8, 4) is 11.8 Å². The zero-order valence-corrected chi connectivity index (χ0v) is 15.8. The number of para-hydroxylation sites is 1. The van der Waals surface area contributed by atoms with Crippen LogP contribution in [0.2, 0.25) is 0 Å². The third kappa shape index (κ3) is 4.22. The minimum absolute atomic E-state index is 0.130. The minimum Gasteiger partial charge on any atom is -0.484 e. The summed E-state index contributed by atoms with van der Waals surface area (Å²) in [5.74, 6) is 2.12. The number of pyridine rings is 1. The van der Waals surface area contributed by atoms with Crippen molar-refractivity contribution >= 4 is 11.7 Å². The van der Waals surface area contributed by atoms with Crippen LogP contribution in [0.25, 0.3) is 0 Å². The van der Waals surface area contributed by atoms with Gasteiger partial charge in [0.25, 0.3) is 5.91 Å². The van der Waals surface area contributed by atoms with Gasteiger partial charge in [-0.15, -0.1) is 0 Å². The van der Waals surface area contributed by atoms with Crippen molar-refractivity contribution in [1.29, 1.82) is 5.26 Å². The van der Waals surface area contributed by atoms with Crippen LogP contribution in [0.1, 0.15) is 21.9 Å². The molecule has 7 nitrogen and oxygen atoms in total. The van der Waals surface area contributed by atoms with Gasteiger partial charge >= 0.3 is 0 Å². The van der Waals surface area contributed by atoms with Crippen LogP contribution in [-0.4, -0.2) is 42.0 Å². The molecule has 29 heavy (non-hydrogen) atoms. The average Bonchev–Trinajstić information content (AvgIpc) is 3.27. The molecule has 3 aromatic rings. The first kappa shape index (κ1) is 18.6. The highest BCUT2D eigenvalue weighted by molar-refractivity contribution is 5.91. The zero-order valence-electron chi connectivity index (χ0n) is 15.8. The molecular weight excluding hydrogens is 368 g/mol. The maximum atomic E-state index is 12.7. The van der Waals surface area contributed by atoms with Crippen molar-refractivity contribution in [1.82, 2.24) is 9.88 Å². The number of benzene rings is 1. The summed E-state index contributed by atoms with van der Waals surface area (Å²) in [5.41, 5.74) is 0.459. The Morgan fingerprint density at radius 3 is 2.62 bits per heavy atom. The molecule has 0 unspecified atom stereocenters. The fourth-order valence-corrected chi connectivity index (χ4v) is 3.24. The molecule has 1 aromatic carbocycles. The van der Waals surface area contributed by atoms with E-state index >= 15 is 0 Å². The Balaban J connectivity index is 1.34. The first-order valence-corrected chi connectivity index (χ1v) is 9.40. The summed E-state index contributed by atoms with van der Waals surface area (Å²) < 4.78 is 11.3. The molecule has 0 saturated carbocycles. The summed E-state index contributed by atoms with van der Waals surface area (Å²) in [7, 11) is 0. The summed E-state index contributed by atoms with van der Waals surface area (Å²) in [4.78, 5) is 21.1. The summed E-state index contributed by atoms with van der Waals surface area (Å²) in [6.45, 7) is 2.82. The second kappa shape index (κ2) is 8.48. The van der Waals surface area contributed by atoms with Crippen LogP contribution in [0.3, 0.4) is 0 Å². The fraction of sp³-hybridized carbons (Fsp3) is 0.227. The summed E-state index contributed by atoms with van der Waals surface area (Å²) >= 11 is 0. The highest BCUT2D eigenvalue weighted by atomic mass is 16.5. The van der Waals surface area contributed by atoms with E-state index in [0.29, 0.717) is 35.9 Å². The Morgan fingerprint density at radius 2 is 1.86 bits per heavy atom. The number of hydrogen-bond acceptors (Lipinski definition) is 6. The van der Waals surface area contributed by atoms with Gasteiger partial charge < -0.3 is 19.0 Å². The molecule has 4 rings (SSSR count). The van der Waals surface area contributed by atoms with E-state index < -0.39 is 0 Å². The van der Waals surface area contributed by atoms with Crippen molar-refractivity contribution in [3.05, 3.63) is 77.9 Å². The third-order valence-corrected chi connectivity index (χ3v) is 4.79. The number of hydrogen-bond donors (Lipinski definition) is 0. The zero-order chi connectivity index (χ0) is 20.1. The van der Waals surface area contributed by atoms with E-state index in [-0.39, 0.29) is 12.5 Å². The first-order chi connectivity index (χ1) is 14.2. The summed E-state index contributed by atoms with van der Waals surface area (Å²) in [5, 5.41) is 9.12. The van der Waals surface area contributed by atoms with E-state index in [1.165, 1.54) is 0 Å². The fourth-order valence-electron chi connectivity index (χ4n) is 3.24. The van der Waals surface area contributed by atoms with Gasteiger partial charge in [0.1, 0.15) is 30.0 Å². The van der Waals surface area contributed by atoms with Crippen molar-refractivity contribution in [2.45, 2.75) is 6.61 Å². The van der Waals surface area contributed by atoms with Gasteiger partial charge in [-0.1, -0.05) is 18.2 Å². The number of ether oxygens (including phenoxy) is 1. The number of anilines is 1. The standard InChI is InChI=1S/C22H20N4O3/c23-15-17-5-1-2-6-19(17)28-16-18-8-9-20(29-18)22(27)26-13-11-25(12-14-26)21-7-3-4-10-24-21/h1-10H,11-14,16H2. The number of nitriles is 1. The van der Waals surface area contributed by atoms with Gasteiger partial charge in [0.2, 0.25) is 0 Å². The van der Waals surface area contributed by atoms with Crippen LogP contribution in [-0.2, 0) is 6.61 Å². The van der Waals surface area contributed by atoms with Crippen molar-refractivity contribution in [3.63, 3.8) is 0 Å². The van der Waals surface area contributed by atoms with Crippen LogP contribution >= 0.6 is 0 Å². The Kier molecular flexibility index (Phi) is 5.43. The smallest absolute Gasteiger partial charge is 0.289 e. The maximum Gasteiger partial charge on any atom is 0.289 e. The van der Waals surface area contributed by atoms with Crippen LogP contribution in [0.5, 0.6) is 5.75 Å². The molecular formula is C22H20N4O3. The number of piperazine rings is 1. The van der Waals surface area contributed by atoms with Crippen LogP contribution in [0.15, 0.2) is 65.2 Å². The molecule has 0 radical (unpaired) electrons.